The zero-order valence-electron chi connectivity index (χ0n) is 10.6. The molecule has 1 atom stereocenters. The number of carbonyl (C=O) groups excluding carboxylic acids is 1. The molecule has 5 nitrogen and oxygen atoms in total. The number of furan rings is 1. The fourth-order valence-corrected chi connectivity index (χ4v) is 3.10. The van der Waals surface area contributed by atoms with Gasteiger partial charge in [-0.3, -0.25) is 4.79 Å². The van der Waals surface area contributed by atoms with Gasteiger partial charge in [0.05, 0.1) is 6.26 Å². The first kappa shape index (κ1) is 12.4. The lowest BCUT2D eigenvalue weighted by Gasteiger charge is -2.14. The van der Waals surface area contributed by atoms with Crippen molar-refractivity contribution in [3.05, 3.63) is 29.0 Å². The molecule has 3 heterocycles. The normalized spacial score (nSPS) is 19.1. The van der Waals surface area contributed by atoms with Crippen LogP contribution in [0.15, 0.2) is 22.8 Å². The van der Waals surface area contributed by atoms with E-state index in [-0.39, 0.29) is 11.9 Å². The molecule has 100 valence electrons. The van der Waals surface area contributed by atoms with Crippen LogP contribution in [0.2, 0.25) is 0 Å². The third kappa shape index (κ3) is 2.29. The van der Waals surface area contributed by atoms with Gasteiger partial charge in [-0.1, -0.05) is 0 Å². The molecular formula is C13H15N3O2S. The lowest BCUT2D eigenvalue weighted by atomic mass is 10.3. The fraction of sp³-hybridized carbons (Fsp3) is 0.385. The summed E-state index contributed by atoms with van der Waals surface area (Å²) in [4.78, 5) is 19.5. The minimum Gasteiger partial charge on any atom is -0.462 e. The smallest absolute Gasteiger partial charge is 0.273 e. The number of nitrogens with two attached hydrogens (primary N) is 1. The summed E-state index contributed by atoms with van der Waals surface area (Å²) in [5.74, 6) is 0.671. The Kier molecular flexibility index (Phi) is 3.12. The Bertz CT molecular complexity index is 591. The standard InChI is InChI=1S/C13H15N3O2S/c1-8-11(13(17)16-5-4-9(14)7-16)15-12(19-8)10-3-2-6-18-10/h2-3,6,9H,4-5,7,14H2,1H3/t9-/m1/s1. The maximum atomic E-state index is 12.4. The lowest BCUT2D eigenvalue weighted by Crippen LogP contribution is -2.32. The number of likely N-dealkylation sites (tertiary alicyclic amines) is 1. The van der Waals surface area contributed by atoms with Gasteiger partial charge in [0.2, 0.25) is 0 Å². The molecule has 2 N–H and O–H groups in total. The van der Waals surface area contributed by atoms with E-state index in [0.717, 1.165) is 16.3 Å². The summed E-state index contributed by atoms with van der Waals surface area (Å²) in [7, 11) is 0. The van der Waals surface area contributed by atoms with Crippen molar-refractivity contribution in [2.45, 2.75) is 19.4 Å². The van der Waals surface area contributed by atoms with Crippen molar-refractivity contribution < 1.29 is 9.21 Å². The predicted octanol–water partition coefficient (Wildman–Crippen LogP) is 1.88. The molecule has 19 heavy (non-hydrogen) atoms. The molecule has 0 aromatic carbocycles. The minimum atomic E-state index is -0.0282. The Morgan fingerprint density at radius 3 is 3.11 bits per heavy atom. The van der Waals surface area contributed by atoms with Crippen molar-refractivity contribution in [3.63, 3.8) is 0 Å². The number of carbonyl (C=O) groups is 1. The van der Waals surface area contributed by atoms with Crippen molar-refractivity contribution in [2.75, 3.05) is 13.1 Å². The first-order chi connectivity index (χ1) is 9.15. The van der Waals surface area contributed by atoms with Gasteiger partial charge >= 0.3 is 0 Å². The maximum Gasteiger partial charge on any atom is 0.273 e. The number of thiazole rings is 1. The van der Waals surface area contributed by atoms with Gasteiger partial charge in [-0.05, 0) is 25.5 Å². The minimum absolute atomic E-state index is 0.0282. The predicted molar refractivity (Wildman–Crippen MR) is 73.0 cm³/mol. The number of amides is 1. The highest BCUT2D eigenvalue weighted by Crippen LogP contribution is 2.29. The van der Waals surface area contributed by atoms with E-state index in [1.807, 2.05) is 19.1 Å². The molecule has 1 aliphatic rings. The van der Waals surface area contributed by atoms with Crippen LogP contribution in [0, 0.1) is 6.92 Å². The Hall–Kier alpha value is -1.66. The molecule has 1 saturated heterocycles. The average Bonchev–Trinajstić information content (AvgIpc) is 3.07. The van der Waals surface area contributed by atoms with Crippen LogP contribution in [0.1, 0.15) is 21.8 Å². The highest BCUT2D eigenvalue weighted by Gasteiger charge is 2.27. The summed E-state index contributed by atoms with van der Waals surface area (Å²) in [5.41, 5.74) is 6.35. The summed E-state index contributed by atoms with van der Waals surface area (Å²) < 4.78 is 5.31. The number of nitrogens with zero attached hydrogens (tertiary/aromatic N) is 2. The Labute approximate surface area is 115 Å². The van der Waals surface area contributed by atoms with E-state index in [0.29, 0.717) is 24.5 Å². The molecule has 6 heteroatoms. The molecule has 0 spiro atoms. The topological polar surface area (TPSA) is 72.4 Å². The van der Waals surface area contributed by atoms with Crippen molar-refractivity contribution in [1.82, 2.24) is 9.88 Å². The molecule has 0 aliphatic carbocycles. The quantitative estimate of drug-likeness (QED) is 0.909. The average molecular weight is 277 g/mol. The second kappa shape index (κ2) is 4.79. The van der Waals surface area contributed by atoms with Gasteiger partial charge < -0.3 is 15.1 Å². The number of aromatic nitrogens is 1. The highest BCUT2D eigenvalue weighted by molar-refractivity contribution is 7.15. The van der Waals surface area contributed by atoms with E-state index in [4.69, 9.17) is 10.2 Å². The highest BCUT2D eigenvalue weighted by atomic mass is 32.1. The van der Waals surface area contributed by atoms with Crippen LogP contribution in [-0.2, 0) is 0 Å². The van der Waals surface area contributed by atoms with Gasteiger partial charge in [0, 0.05) is 24.0 Å². The van der Waals surface area contributed by atoms with E-state index >= 15 is 0 Å². The summed E-state index contributed by atoms with van der Waals surface area (Å²) >= 11 is 1.48. The molecular weight excluding hydrogens is 262 g/mol. The third-order valence-corrected chi connectivity index (χ3v) is 4.23. The molecule has 1 amide bonds. The van der Waals surface area contributed by atoms with Gasteiger partial charge in [0.1, 0.15) is 5.69 Å². The van der Waals surface area contributed by atoms with Gasteiger partial charge in [-0.25, -0.2) is 4.98 Å². The largest absolute Gasteiger partial charge is 0.462 e. The van der Waals surface area contributed by atoms with Gasteiger partial charge in [0.25, 0.3) is 5.91 Å². The molecule has 2 aromatic heterocycles. The molecule has 1 fully saturated rings. The summed E-state index contributed by atoms with van der Waals surface area (Å²) in [6, 6.07) is 3.75. The van der Waals surface area contributed by atoms with Crippen LogP contribution in [0.25, 0.3) is 10.8 Å². The zero-order valence-corrected chi connectivity index (χ0v) is 11.4. The summed E-state index contributed by atoms with van der Waals surface area (Å²) in [5, 5.41) is 0.745. The Balaban J connectivity index is 1.87. The number of hydrogen-bond acceptors (Lipinski definition) is 5. The van der Waals surface area contributed by atoms with Gasteiger partial charge in [-0.2, -0.15) is 0 Å². The first-order valence-electron chi connectivity index (χ1n) is 6.21. The molecule has 0 bridgehead atoms. The molecule has 3 rings (SSSR count). The van der Waals surface area contributed by atoms with E-state index < -0.39 is 0 Å². The van der Waals surface area contributed by atoms with E-state index in [2.05, 4.69) is 4.98 Å². The summed E-state index contributed by atoms with van der Waals surface area (Å²) in [6.45, 7) is 3.24. The van der Waals surface area contributed by atoms with Crippen LogP contribution in [0.5, 0.6) is 0 Å². The van der Waals surface area contributed by atoms with Crippen LogP contribution in [0.3, 0.4) is 0 Å². The third-order valence-electron chi connectivity index (χ3n) is 3.24. The molecule has 2 aromatic rings. The van der Waals surface area contributed by atoms with Crippen LogP contribution in [0.4, 0.5) is 0 Å². The van der Waals surface area contributed by atoms with Crippen molar-refractivity contribution in [2.24, 2.45) is 5.73 Å². The zero-order chi connectivity index (χ0) is 13.4. The van der Waals surface area contributed by atoms with Gasteiger partial charge in [0.15, 0.2) is 10.8 Å². The first-order valence-corrected chi connectivity index (χ1v) is 7.03. The Morgan fingerprint density at radius 2 is 2.47 bits per heavy atom. The number of hydrogen-bond donors (Lipinski definition) is 1. The second-order valence-corrected chi connectivity index (χ2v) is 5.90. The lowest BCUT2D eigenvalue weighted by molar-refractivity contribution is 0.0785. The van der Waals surface area contributed by atoms with Gasteiger partial charge in [-0.15, -0.1) is 11.3 Å². The van der Waals surface area contributed by atoms with Crippen molar-refractivity contribution in [1.29, 1.82) is 0 Å². The van der Waals surface area contributed by atoms with Crippen LogP contribution in [-0.4, -0.2) is 34.9 Å². The molecule has 1 aliphatic heterocycles. The number of rotatable bonds is 2. The monoisotopic (exact) mass is 277 g/mol. The van der Waals surface area contributed by atoms with Crippen molar-refractivity contribution in [3.8, 4) is 10.8 Å². The SMILES string of the molecule is Cc1sc(-c2ccco2)nc1C(=O)N1CC[C@@H](N)C1. The van der Waals surface area contributed by atoms with E-state index in [9.17, 15) is 4.79 Å². The van der Waals surface area contributed by atoms with E-state index in [1.165, 1.54) is 11.3 Å². The number of aryl methyl sites for hydroxylation is 1. The Morgan fingerprint density at radius 1 is 1.63 bits per heavy atom. The summed E-state index contributed by atoms with van der Waals surface area (Å²) in [6.07, 6.45) is 2.47. The molecule has 0 saturated carbocycles. The fourth-order valence-electron chi connectivity index (χ4n) is 2.22. The van der Waals surface area contributed by atoms with Crippen LogP contribution >= 0.6 is 11.3 Å². The second-order valence-electron chi connectivity index (χ2n) is 4.70. The van der Waals surface area contributed by atoms with Crippen molar-refractivity contribution >= 4 is 17.2 Å². The van der Waals surface area contributed by atoms with E-state index in [1.54, 1.807) is 11.2 Å². The van der Waals surface area contributed by atoms with Crippen LogP contribution < -0.4 is 5.73 Å². The molecule has 0 radical (unpaired) electrons. The molecule has 0 unspecified atom stereocenters. The maximum absolute atomic E-state index is 12.4.